The van der Waals surface area contributed by atoms with Gasteiger partial charge in [-0.2, -0.15) is 0 Å². The SMILES string of the molecule is CC(C)(C)NC(=O)CC1(C(=O)OCC(=O)NCC(=O)Nc2ccc(F)cc2)CCCC1. The summed E-state index contributed by atoms with van der Waals surface area (Å²) in [7, 11) is 0. The third-order valence-electron chi connectivity index (χ3n) is 4.92. The van der Waals surface area contributed by atoms with Crippen LogP contribution in [-0.4, -0.2) is 42.4 Å². The van der Waals surface area contributed by atoms with Crippen molar-refractivity contribution in [1.82, 2.24) is 10.6 Å². The van der Waals surface area contributed by atoms with Crippen molar-refractivity contribution in [2.75, 3.05) is 18.5 Å². The molecule has 1 aliphatic carbocycles. The minimum atomic E-state index is -0.921. The van der Waals surface area contributed by atoms with Crippen molar-refractivity contribution in [1.29, 1.82) is 0 Å². The quantitative estimate of drug-likeness (QED) is 0.542. The summed E-state index contributed by atoms with van der Waals surface area (Å²) >= 11 is 0. The molecule has 170 valence electrons. The van der Waals surface area contributed by atoms with Gasteiger partial charge in [0.25, 0.3) is 5.91 Å². The highest BCUT2D eigenvalue weighted by atomic mass is 19.1. The fourth-order valence-corrected chi connectivity index (χ4v) is 3.53. The molecule has 1 fully saturated rings. The second kappa shape index (κ2) is 10.4. The van der Waals surface area contributed by atoms with E-state index < -0.39 is 41.2 Å². The fourth-order valence-electron chi connectivity index (χ4n) is 3.53. The van der Waals surface area contributed by atoms with E-state index in [1.54, 1.807) is 0 Å². The third kappa shape index (κ3) is 7.99. The van der Waals surface area contributed by atoms with Crippen LogP contribution in [0.15, 0.2) is 24.3 Å². The number of halogens is 1. The molecular formula is C22H30FN3O5. The average molecular weight is 435 g/mol. The summed E-state index contributed by atoms with van der Waals surface area (Å²) in [6.07, 6.45) is 2.71. The molecule has 8 nitrogen and oxygen atoms in total. The molecular weight excluding hydrogens is 405 g/mol. The summed E-state index contributed by atoms with van der Waals surface area (Å²) in [5.41, 5.74) is -0.936. The molecule has 31 heavy (non-hydrogen) atoms. The summed E-state index contributed by atoms with van der Waals surface area (Å²) in [4.78, 5) is 48.9. The van der Waals surface area contributed by atoms with Crippen LogP contribution in [0.3, 0.4) is 0 Å². The van der Waals surface area contributed by atoms with Gasteiger partial charge < -0.3 is 20.7 Å². The molecule has 0 aliphatic heterocycles. The van der Waals surface area contributed by atoms with E-state index in [-0.39, 0.29) is 18.9 Å². The molecule has 3 N–H and O–H groups in total. The predicted octanol–water partition coefficient (Wildman–Crippen LogP) is 2.29. The van der Waals surface area contributed by atoms with E-state index in [1.165, 1.54) is 24.3 Å². The zero-order valence-corrected chi connectivity index (χ0v) is 18.2. The predicted molar refractivity (Wildman–Crippen MR) is 112 cm³/mol. The first-order valence-electron chi connectivity index (χ1n) is 10.3. The number of carbonyl (C=O) groups excluding carboxylic acids is 4. The molecule has 0 heterocycles. The number of benzene rings is 1. The highest BCUT2D eigenvalue weighted by molar-refractivity contribution is 5.95. The van der Waals surface area contributed by atoms with Gasteiger partial charge >= 0.3 is 5.97 Å². The highest BCUT2D eigenvalue weighted by Gasteiger charge is 2.44. The van der Waals surface area contributed by atoms with Gasteiger partial charge in [-0.15, -0.1) is 0 Å². The minimum Gasteiger partial charge on any atom is -0.455 e. The first kappa shape index (κ1) is 24.3. The number of esters is 1. The normalized spacial score (nSPS) is 15.1. The van der Waals surface area contributed by atoms with Gasteiger partial charge in [0.15, 0.2) is 6.61 Å². The Hall–Kier alpha value is -2.97. The number of amides is 3. The second-order valence-corrected chi connectivity index (χ2v) is 8.87. The Bertz CT molecular complexity index is 811. The maximum Gasteiger partial charge on any atom is 0.313 e. The van der Waals surface area contributed by atoms with Crippen molar-refractivity contribution in [2.24, 2.45) is 5.41 Å². The Balaban J connectivity index is 1.79. The molecule has 3 amide bonds. The Morgan fingerprint density at radius 3 is 2.19 bits per heavy atom. The molecule has 0 bridgehead atoms. The van der Waals surface area contributed by atoms with Crippen LogP contribution < -0.4 is 16.0 Å². The van der Waals surface area contributed by atoms with Crippen LogP contribution in [0.1, 0.15) is 52.9 Å². The van der Waals surface area contributed by atoms with Crippen molar-refractivity contribution in [3.63, 3.8) is 0 Å². The van der Waals surface area contributed by atoms with Crippen LogP contribution in [0.5, 0.6) is 0 Å². The number of nitrogens with one attached hydrogen (secondary N) is 3. The number of hydrogen-bond acceptors (Lipinski definition) is 5. The van der Waals surface area contributed by atoms with Crippen LogP contribution in [0.25, 0.3) is 0 Å². The molecule has 0 saturated heterocycles. The van der Waals surface area contributed by atoms with Gasteiger partial charge in [-0.3, -0.25) is 19.2 Å². The number of anilines is 1. The van der Waals surface area contributed by atoms with Crippen LogP contribution in [0.2, 0.25) is 0 Å². The zero-order chi connectivity index (χ0) is 23.1. The number of ether oxygens (including phenoxy) is 1. The lowest BCUT2D eigenvalue weighted by Gasteiger charge is -2.28. The molecule has 9 heteroatoms. The van der Waals surface area contributed by atoms with Crippen molar-refractivity contribution in [2.45, 2.75) is 58.4 Å². The average Bonchev–Trinajstić information content (AvgIpc) is 3.14. The van der Waals surface area contributed by atoms with Crippen LogP contribution in [0, 0.1) is 11.2 Å². The molecule has 0 atom stereocenters. The lowest BCUT2D eigenvalue weighted by atomic mass is 9.82. The van der Waals surface area contributed by atoms with Crippen molar-refractivity contribution >= 4 is 29.4 Å². The van der Waals surface area contributed by atoms with Crippen molar-refractivity contribution in [3.05, 3.63) is 30.1 Å². The largest absolute Gasteiger partial charge is 0.455 e. The number of carbonyl (C=O) groups is 4. The molecule has 1 aromatic carbocycles. The van der Waals surface area contributed by atoms with E-state index in [9.17, 15) is 23.6 Å². The molecule has 1 aromatic rings. The van der Waals surface area contributed by atoms with E-state index in [1.807, 2.05) is 20.8 Å². The van der Waals surface area contributed by atoms with Gasteiger partial charge in [-0.1, -0.05) is 12.8 Å². The van der Waals surface area contributed by atoms with Gasteiger partial charge in [0.05, 0.1) is 12.0 Å². The summed E-state index contributed by atoms with van der Waals surface area (Å²) in [6.45, 7) is 4.72. The number of rotatable bonds is 8. The fraction of sp³-hybridized carbons (Fsp3) is 0.545. The molecule has 0 spiro atoms. The monoisotopic (exact) mass is 435 g/mol. The summed E-state index contributed by atoms with van der Waals surface area (Å²) in [5.74, 6) is -2.36. The zero-order valence-electron chi connectivity index (χ0n) is 18.2. The Labute approximate surface area is 181 Å². The number of hydrogen-bond donors (Lipinski definition) is 3. The Kier molecular flexibility index (Phi) is 8.13. The molecule has 2 rings (SSSR count). The van der Waals surface area contributed by atoms with Gasteiger partial charge in [-0.05, 0) is 57.9 Å². The van der Waals surface area contributed by atoms with Gasteiger partial charge in [-0.25, -0.2) is 4.39 Å². The topological polar surface area (TPSA) is 114 Å². The smallest absolute Gasteiger partial charge is 0.313 e. The standard InChI is InChI=1S/C22H30FN3O5/c1-21(2,3)26-17(27)12-22(10-4-5-11-22)20(30)31-14-19(29)24-13-18(28)25-16-8-6-15(23)7-9-16/h6-9H,4-5,10-14H2,1-3H3,(H,24,29)(H,25,28)(H,26,27). The highest BCUT2D eigenvalue weighted by Crippen LogP contribution is 2.42. The maximum atomic E-state index is 12.9. The van der Waals surface area contributed by atoms with Crippen LogP contribution in [-0.2, 0) is 23.9 Å². The van der Waals surface area contributed by atoms with E-state index in [2.05, 4.69) is 16.0 Å². The molecule has 1 saturated carbocycles. The molecule has 1 aliphatic rings. The van der Waals surface area contributed by atoms with Crippen molar-refractivity contribution < 1.29 is 28.3 Å². The Morgan fingerprint density at radius 2 is 1.61 bits per heavy atom. The summed E-state index contributed by atoms with van der Waals surface area (Å²) in [6, 6.07) is 5.20. The second-order valence-electron chi connectivity index (χ2n) is 8.87. The first-order chi connectivity index (χ1) is 14.5. The van der Waals surface area contributed by atoms with Crippen LogP contribution in [0.4, 0.5) is 10.1 Å². The van der Waals surface area contributed by atoms with E-state index >= 15 is 0 Å². The van der Waals surface area contributed by atoms with E-state index in [0.717, 1.165) is 12.8 Å². The molecule has 0 unspecified atom stereocenters. The Morgan fingerprint density at radius 1 is 1.00 bits per heavy atom. The lowest BCUT2D eigenvalue weighted by molar-refractivity contribution is -0.160. The lowest BCUT2D eigenvalue weighted by Crippen LogP contribution is -2.45. The summed E-state index contributed by atoms with van der Waals surface area (Å²) < 4.78 is 18.1. The van der Waals surface area contributed by atoms with Crippen molar-refractivity contribution in [3.8, 4) is 0 Å². The van der Waals surface area contributed by atoms with E-state index in [0.29, 0.717) is 18.5 Å². The minimum absolute atomic E-state index is 0.0186. The summed E-state index contributed by atoms with van der Waals surface area (Å²) in [5, 5.41) is 7.73. The molecule has 0 aromatic heterocycles. The van der Waals surface area contributed by atoms with Gasteiger partial charge in [0, 0.05) is 17.6 Å². The van der Waals surface area contributed by atoms with Crippen LogP contribution >= 0.6 is 0 Å². The molecule has 0 radical (unpaired) electrons. The van der Waals surface area contributed by atoms with Gasteiger partial charge in [0.2, 0.25) is 11.8 Å². The maximum absolute atomic E-state index is 12.9. The third-order valence-corrected chi connectivity index (χ3v) is 4.92. The first-order valence-corrected chi connectivity index (χ1v) is 10.3. The van der Waals surface area contributed by atoms with Gasteiger partial charge in [0.1, 0.15) is 5.82 Å². The van der Waals surface area contributed by atoms with E-state index in [4.69, 9.17) is 4.74 Å².